The van der Waals surface area contributed by atoms with Crippen molar-refractivity contribution in [2.75, 3.05) is 5.73 Å². The van der Waals surface area contributed by atoms with Crippen LogP contribution >= 0.6 is 0 Å². The van der Waals surface area contributed by atoms with Gasteiger partial charge in [0.05, 0.1) is 63.0 Å². The summed E-state index contributed by atoms with van der Waals surface area (Å²) >= 11 is 0. The molecular formula is C44H28N6. The molecule has 0 radical (unpaired) electrons. The third-order valence-electron chi connectivity index (χ3n) is 9.03. The quantitative estimate of drug-likeness (QED) is 0.192. The van der Waals surface area contributed by atoms with Crippen LogP contribution in [0, 0.1) is 45.3 Å². The van der Waals surface area contributed by atoms with Crippen molar-refractivity contribution in [2.24, 2.45) is 0 Å². The molecule has 1 aromatic heterocycles. The van der Waals surface area contributed by atoms with E-state index in [4.69, 9.17) is 5.73 Å². The van der Waals surface area contributed by atoms with Gasteiger partial charge in [0.1, 0.15) is 6.07 Å². The van der Waals surface area contributed by atoms with Crippen molar-refractivity contribution in [2.45, 2.75) is 12.8 Å². The van der Waals surface area contributed by atoms with Gasteiger partial charge in [-0.25, -0.2) is 0 Å². The number of benzene rings is 5. The first-order valence-electron chi connectivity index (χ1n) is 16.1. The van der Waals surface area contributed by atoms with Gasteiger partial charge >= 0.3 is 0 Å². The molecule has 1 heterocycles. The highest BCUT2D eigenvalue weighted by Crippen LogP contribution is 2.50. The number of nitrogen functional groups attached to an aromatic ring is 1. The second-order valence-corrected chi connectivity index (χ2v) is 11.9. The molecule has 0 fully saturated rings. The van der Waals surface area contributed by atoms with Gasteiger partial charge < -0.3 is 10.3 Å². The summed E-state index contributed by atoms with van der Waals surface area (Å²) in [7, 11) is 0. The average molecular weight is 641 g/mol. The van der Waals surface area contributed by atoms with Crippen molar-refractivity contribution < 1.29 is 0 Å². The fourth-order valence-electron chi connectivity index (χ4n) is 6.74. The van der Waals surface area contributed by atoms with Crippen molar-refractivity contribution in [1.82, 2.24) is 4.57 Å². The van der Waals surface area contributed by atoms with Crippen molar-refractivity contribution in [1.29, 1.82) is 21.0 Å². The van der Waals surface area contributed by atoms with Crippen LogP contribution in [0.1, 0.15) is 39.9 Å². The van der Waals surface area contributed by atoms with E-state index in [1.165, 1.54) is 0 Å². The second-order valence-electron chi connectivity index (χ2n) is 11.9. The molecule has 6 nitrogen and oxygen atoms in total. The van der Waals surface area contributed by atoms with Gasteiger partial charge in [0.25, 0.3) is 0 Å². The first-order chi connectivity index (χ1) is 24.6. The highest BCUT2D eigenvalue weighted by Gasteiger charge is 2.29. The number of anilines is 1. The lowest BCUT2D eigenvalue weighted by Gasteiger charge is -2.26. The molecule has 0 atom stereocenters. The van der Waals surface area contributed by atoms with E-state index in [-0.39, 0.29) is 0 Å². The molecule has 0 spiro atoms. The summed E-state index contributed by atoms with van der Waals surface area (Å²) in [6.45, 7) is 0. The Morgan fingerprint density at radius 3 is 1.68 bits per heavy atom. The predicted molar refractivity (Wildman–Crippen MR) is 198 cm³/mol. The maximum Gasteiger partial charge on any atom is 0.101 e. The van der Waals surface area contributed by atoms with Crippen LogP contribution in [0.15, 0.2) is 127 Å². The molecule has 0 saturated carbocycles. The molecule has 6 aromatic rings. The van der Waals surface area contributed by atoms with Crippen LogP contribution in [0.25, 0.3) is 56.0 Å². The fourth-order valence-corrected chi connectivity index (χ4v) is 6.74. The monoisotopic (exact) mass is 640 g/mol. The van der Waals surface area contributed by atoms with Crippen LogP contribution in [0.3, 0.4) is 0 Å². The number of nitrogens with zero attached hydrogens (tertiary/aromatic N) is 5. The Hall–Kier alpha value is -7.38. The third-order valence-corrected chi connectivity index (χ3v) is 9.03. The smallest absolute Gasteiger partial charge is 0.101 e. The Bertz CT molecular complexity index is 2550. The van der Waals surface area contributed by atoms with E-state index in [0.29, 0.717) is 62.3 Å². The first-order valence-corrected chi connectivity index (χ1v) is 16.1. The molecule has 7 rings (SSSR count). The zero-order chi connectivity index (χ0) is 34.6. The van der Waals surface area contributed by atoms with Crippen LogP contribution in [0.2, 0.25) is 0 Å². The lowest BCUT2D eigenvalue weighted by molar-refractivity contribution is 1.08. The van der Waals surface area contributed by atoms with Crippen LogP contribution in [0.5, 0.6) is 0 Å². The Labute approximate surface area is 290 Å². The summed E-state index contributed by atoms with van der Waals surface area (Å²) in [5.74, 6) is 0. The van der Waals surface area contributed by atoms with Gasteiger partial charge in [-0.05, 0) is 83.6 Å². The molecule has 0 saturated heterocycles. The molecule has 0 aliphatic heterocycles. The topological polar surface area (TPSA) is 126 Å². The van der Waals surface area contributed by atoms with Gasteiger partial charge in [0.2, 0.25) is 0 Å². The Morgan fingerprint density at radius 1 is 0.560 bits per heavy atom. The van der Waals surface area contributed by atoms with E-state index in [9.17, 15) is 21.0 Å². The van der Waals surface area contributed by atoms with Gasteiger partial charge in [0.15, 0.2) is 0 Å². The summed E-state index contributed by atoms with van der Waals surface area (Å²) in [4.78, 5) is 0. The van der Waals surface area contributed by atoms with Gasteiger partial charge in [-0.2, -0.15) is 21.0 Å². The minimum atomic E-state index is 0.363. The highest BCUT2D eigenvalue weighted by molar-refractivity contribution is 6.06. The molecule has 1 aliphatic carbocycles. The molecule has 1 aliphatic rings. The number of fused-ring (bicyclic) bond motifs is 3. The molecular weight excluding hydrogens is 613 g/mol. The van der Waals surface area contributed by atoms with Crippen LogP contribution < -0.4 is 5.73 Å². The Balaban J connectivity index is 1.73. The molecule has 234 valence electrons. The third kappa shape index (κ3) is 5.40. The molecule has 50 heavy (non-hydrogen) atoms. The van der Waals surface area contributed by atoms with Gasteiger partial charge in [0, 0.05) is 22.1 Å². The van der Waals surface area contributed by atoms with E-state index in [0.717, 1.165) is 39.7 Å². The van der Waals surface area contributed by atoms with Crippen LogP contribution in [0.4, 0.5) is 5.69 Å². The van der Waals surface area contributed by atoms with E-state index in [2.05, 4.69) is 77.4 Å². The Kier molecular flexibility index (Phi) is 8.36. The summed E-state index contributed by atoms with van der Waals surface area (Å²) in [5.41, 5.74) is 17.4. The largest absolute Gasteiger partial charge is 0.398 e. The summed E-state index contributed by atoms with van der Waals surface area (Å²) in [6, 6.07) is 39.0. The summed E-state index contributed by atoms with van der Waals surface area (Å²) < 4.78 is 2.21. The molecule has 6 heteroatoms. The van der Waals surface area contributed by atoms with Gasteiger partial charge in [-0.3, -0.25) is 0 Å². The van der Waals surface area contributed by atoms with E-state index in [1.807, 2.05) is 48.5 Å². The predicted octanol–water partition coefficient (Wildman–Crippen LogP) is 9.77. The molecule has 0 unspecified atom stereocenters. The van der Waals surface area contributed by atoms with Crippen molar-refractivity contribution in [3.63, 3.8) is 0 Å². The van der Waals surface area contributed by atoms with E-state index < -0.39 is 0 Å². The number of hydrogen-bond acceptors (Lipinski definition) is 5. The Morgan fingerprint density at radius 2 is 1.10 bits per heavy atom. The number of nitrogens with two attached hydrogens (primary N) is 1. The SMILES string of the molecule is N#Cc1ccc(-c2c(N)c(-c3ccc(C#N)cc3)c(-n3c4c(c5ccccc53)CC=CC=CCC=C4)c(-c3ccc(C#N)cc3)c2C#N)cc1. The zero-order valence-corrected chi connectivity index (χ0v) is 26.9. The number of allylic oxidation sites excluding steroid dienone is 5. The second kappa shape index (κ2) is 13.4. The minimum Gasteiger partial charge on any atom is -0.398 e. The highest BCUT2D eigenvalue weighted by atomic mass is 15.0. The van der Waals surface area contributed by atoms with E-state index in [1.54, 1.807) is 36.4 Å². The first kappa shape index (κ1) is 31.2. The molecule has 5 aromatic carbocycles. The number of rotatable bonds is 4. The number of hydrogen-bond donors (Lipinski definition) is 1. The average Bonchev–Trinajstić information content (AvgIpc) is 3.48. The maximum absolute atomic E-state index is 11.1. The minimum absolute atomic E-state index is 0.363. The van der Waals surface area contributed by atoms with Gasteiger partial charge in [-0.15, -0.1) is 0 Å². The van der Waals surface area contributed by atoms with Crippen molar-refractivity contribution >= 4 is 22.7 Å². The van der Waals surface area contributed by atoms with Crippen molar-refractivity contribution in [3.8, 4) is 63.3 Å². The normalized spacial score (nSPS) is 12.0. The van der Waals surface area contributed by atoms with E-state index >= 15 is 0 Å². The molecule has 0 amide bonds. The number of para-hydroxylation sites is 1. The zero-order valence-electron chi connectivity index (χ0n) is 26.9. The number of nitriles is 4. The van der Waals surface area contributed by atoms with Crippen molar-refractivity contribution in [3.05, 3.63) is 161 Å². The lowest BCUT2D eigenvalue weighted by Crippen LogP contribution is -2.10. The maximum atomic E-state index is 11.1. The molecule has 0 bridgehead atoms. The van der Waals surface area contributed by atoms with Gasteiger partial charge in [-0.1, -0.05) is 85.0 Å². The van der Waals surface area contributed by atoms with Crippen LogP contribution in [-0.2, 0) is 6.42 Å². The van der Waals surface area contributed by atoms with Crippen LogP contribution in [-0.4, -0.2) is 4.57 Å². The molecule has 2 N–H and O–H groups in total. The summed E-state index contributed by atoms with van der Waals surface area (Å²) in [5, 5.41) is 41.1. The summed E-state index contributed by atoms with van der Waals surface area (Å²) in [6.07, 6.45) is 14.1. The lowest BCUT2D eigenvalue weighted by atomic mass is 9.84. The number of aromatic nitrogens is 1. The standard InChI is InChI=1S/C44H28N6/c45-25-29-13-19-32(20-14-29)40-37(28-48)41(33-21-15-30(26-46)16-22-33)44(42(43(40)49)34-23-17-31(27-47)18-24-34)50-38-11-6-4-2-1-3-5-9-35(38)36-10-7-8-12-39(36)50/h1-3,5-8,10-24H,4,9,49H2. The fraction of sp³-hybridized carbons (Fsp3) is 0.0455.